The van der Waals surface area contributed by atoms with Crippen molar-refractivity contribution in [3.05, 3.63) is 65.6 Å². The number of ether oxygens (including phenoxy) is 3. The lowest BCUT2D eigenvalue weighted by atomic mass is 9.95. The summed E-state index contributed by atoms with van der Waals surface area (Å²) in [5.74, 6) is -2.62. The highest BCUT2D eigenvalue weighted by Crippen LogP contribution is 2.47. The number of benzene rings is 1. The van der Waals surface area contributed by atoms with E-state index in [0.29, 0.717) is 11.6 Å². The minimum Gasteiger partial charge on any atom is -0.474 e. The van der Waals surface area contributed by atoms with Crippen LogP contribution in [0.2, 0.25) is 0 Å². The van der Waals surface area contributed by atoms with Gasteiger partial charge in [0.25, 0.3) is 11.8 Å². The average molecular weight is 629 g/mol. The summed E-state index contributed by atoms with van der Waals surface area (Å²) in [6.45, 7) is 5.58. The Balaban J connectivity index is 1.90. The van der Waals surface area contributed by atoms with Crippen molar-refractivity contribution in [3.63, 3.8) is 0 Å². The summed E-state index contributed by atoms with van der Waals surface area (Å²) in [5.41, 5.74) is -6.24. The van der Waals surface area contributed by atoms with Gasteiger partial charge in [-0.05, 0) is 52.2 Å². The molecule has 0 spiro atoms. The van der Waals surface area contributed by atoms with Crippen molar-refractivity contribution < 1.29 is 49.8 Å². The summed E-state index contributed by atoms with van der Waals surface area (Å²) in [5, 5.41) is 9.48. The molecule has 1 N–H and O–H groups in total. The quantitative estimate of drug-likeness (QED) is 0.229. The van der Waals surface area contributed by atoms with Gasteiger partial charge in [0.05, 0.1) is 12.3 Å². The average Bonchev–Trinajstić information content (AvgIpc) is 3.39. The van der Waals surface area contributed by atoms with E-state index in [4.69, 9.17) is 18.6 Å². The van der Waals surface area contributed by atoms with Gasteiger partial charge in [-0.25, -0.2) is 9.78 Å². The van der Waals surface area contributed by atoms with Gasteiger partial charge in [-0.15, -0.1) is 10.2 Å². The van der Waals surface area contributed by atoms with Gasteiger partial charge in [-0.2, -0.15) is 26.3 Å². The molecule has 2 atom stereocenters. The van der Waals surface area contributed by atoms with Crippen LogP contribution in [0, 0.1) is 0 Å². The summed E-state index contributed by atoms with van der Waals surface area (Å²) in [6.07, 6.45) is -9.95. The lowest BCUT2D eigenvalue weighted by molar-refractivity contribution is -0.299. The zero-order valence-electron chi connectivity index (χ0n) is 24.2. The van der Waals surface area contributed by atoms with Gasteiger partial charge in [0.15, 0.2) is 5.69 Å². The molecule has 0 fully saturated rings. The highest BCUT2D eigenvalue weighted by Gasteiger charge is 2.61. The number of carbonyl (C=O) groups excluding carboxylic acids is 1. The number of fused-ring (bicyclic) bond motifs is 5. The van der Waals surface area contributed by atoms with E-state index < -0.39 is 83.4 Å². The number of allylic oxidation sites excluding steroid dienone is 1. The Morgan fingerprint density at radius 3 is 2.41 bits per heavy atom. The van der Waals surface area contributed by atoms with E-state index in [2.05, 4.69) is 20.5 Å². The minimum absolute atomic E-state index is 0.0501. The molecule has 15 heteroatoms. The largest absolute Gasteiger partial charge is 0.474 e. The van der Waals surface area contributed by atoms with E-state index in [1.165, 1.54) is 39.8 Å². The van der Waals surface area contributed by atoms with Crippen molar-refractivity contribution in [1.82, 2.24) is 15.2 Å². The molecule has 1 amide bonds. The lowest BCUT2D eigenvalue weighted by Crippen LogP contribution is -2.45. The van der Waals surface area contributed by atoms with Gasteiger partial charge >= 0.3 is 18.4 Å². The van der Waals surface area contributed by atoms with Crippen molar-refractivity contribution in [2.75, 3.05) is 5.32 Å². The van der Waals surface area contributed by atoms with Crippen LogP contribution in [-0.4, -0.2) is 39.2 Å². The fraction of sp³-hybridized carbons (Fsp3) is 0.448. The summed E-state index contributed by atoms with van der Waals surface area (Å²) in [6, 6.07) is 8.64. The second kappa shape index (κ2) is 12.5. The summed E-state index contributed by atoms with van der Waals surface area (Å²) in [4.78, 5) is 16.5. The van der Waals surface area contributed by atoms with Crippen molar-refractivity contribution in [2.24, 2.45) is 0 Å². The van der Waals surface area contributed by atoms with Crippen LogP contribution in [-0.2, 0) is 27.9 Å². The fourth-order valence-electron chi connectivity index (χ4n) is 4.24. The highest BCUT2D eigenvalue weighted by molar-refractivity contribution is 5.89. The van der Waals surface area contributed by atoms with Crippen LogP contribution in [0.1, 0.15) is 64.0 Å². The van der Waals surface area contributed by atoms with Crippen LogP contribution >= 0.6 is 0 Å². The number of carbonyl (C=O) groups is 1. The van der Waals surface area contributed by atoms with E-state index in [9.17, 15) is 31.1 Å². The van der Waals surface area contributed by atoms with E-state index >= 15 is 0 Å². The van der Waals surface area contributed by atoms with Gasteiger partial charge < -0.3 is 18.6 Å². The molecule has 3 aromatic rings. The molecular formula is C29H30F6N4O5. The van der Waals surface area contributed by atoms with Crippen molar-refractivity contribution >= 4 is 11.8 Å². The molecule has 0 saturated heterocycles. The number of rotatable bonds is 4. The molecule has 44 heavy (non-hydrogen) atoms. The Morgan fingerprint density at radius 1 is 1.07 bits per heavy atom. The molecular weight excluding hydrogens is 598 g/mol. The van der Waals surface area contributed by atoms with Crippen LogP contribution in [0.15, 0.2) is 53.0 Å². The molecule has 1 aromatic carbocycles. The highest BCUT2D eigenvalue weighted by atomic mass is 19.4. The SMILES string of the molecule is C[C@@H]1C/C=C\CCC(OCc2ccccc2)(C(F)(F)F)c2nnc(o2)-c2nc(c(C(F)(F)F)cc2NC(=O)OC(C)(C)C)O1. The number of anilines is 1. The first-order chi connectivity index (χ1) is 20.5. The zero-order valence-corrected chi connectivity index (χ0v) is 24.2. The van der Waals surface area contributed by atoms with Crippen molar-refractivity contribution in [2.45, 2.75) is 83.2 Å². The summed E-state index contributed by atoms with van der Waals surface area (Å²) in [7, 11) is 0. The third-order valence-electron chi connectivity index (χ3n) is 6.30. The molecule has 4 bridgehead atoms. The van der Waals surface area contributed by atoms with E-state index in [1.807, 2.05) is 0 Å². The normalized spacial score (nSPS) is 20.3. The molecule has 238 valence electrons. The second-order valence-electron chi connectivity index (χ2n) is 11.0. The Kier molecular flexibility index (Phi) is 9.28. The number of alkyl halides is 6. The Bertz CT molecular complexity index is 1480. The van der Waals surface area contributed by atoms with Crippen molar-refractivity contribution in [3.8, 4) is 17.5 Å². The lowest BCUT2D eigenvalue weighted by Gasteiger charge is -2.32. The number of hydrogen-bond donors (Lipinski definition) is 1. The molecule has 2 aromatic heterocycles. The Morgan fingerprint density at radius 2 is 1.77 bits per heavy atom. The second-order valence-corrected chi connectivity index (χ2v) is 11.0. The van der Waals surface area contributed by atoms with Crippen LogP contribution in [0.25, 0.3) is 11.6 Å². The van der Waals surface area contributed by atoms with E-state index in [1.54, 1.807) is 30.3 Å². The number of pyridine rings is 1. The summed E-state index contributed by atoms with van der Waals surface area (Å²) < 4.78 is 109. The van der Waals surface area contributed by atoms with E-state index in [0.717, 1.165) is 0 Å². The Hall–Kier alpha value is -4.14. The molecule has 4 rings (SSSR count). The van der Waals surface area contributed by atoms with Gasteiger partial charge in [0, 0.05) is 6.42 Å². The van der Waals surface area contributed by atoms with Crippen LogP contribution in [0.4, 0.5) is 36.8 Å². The molecule has 3 heterocycles. The third-order valence-corrected chi connectivity index (χ3v) is 6.30. The number of aromatic nitrogens is 3. The molecule has 1 unspecified atom stereocenters. The molecule has 0 saturated carbocycles. The maximum atomic E-state index is 14.9. The summed E-state index contributed by atoms with van der Waals surface area (Å²) >= 11 is 0. The van der Waals surface area contributed by atoms with Gasteiger partial charge in [0.2, 0.25) is 11.5 Å². The first kappa shape index (κ1) is 32.8. The number of hydrogen-bond acceptors (Lipinski definition) is 8. The topological polar surface area (TPSA) is 109 Å². The first-order valence-corrected chi connectivity index (χ1v) is 13.5. The monoisotopic (exact) mass is 628 g/mol. The number of amides is 1. The molecule has 0 aliphatic carbocycles. The predicted octanol–water partition coefficient (Wildman–Crippen LogP) is 7.98. The predicted molar refractivity (Wildman–Crippen MR) is 144 cm³/mol. The van der Waals surface area contributed by atoms with E-state index in [-0.39, 0.29) is 12.8 Å². The fourth-order valence-corrected chi connectivity index (χ4v) is 4.24. The molecule has 1 aliphatic heterocycles. The van der Waals surface area contributed by atoms with Crippen LogP contribution < -0.4 is 10.1 Å². The van der Waals surface area contributed by atoms with Gasteiger partial charge in [-0.3, -0.25) is 5.32 Å². The number of nitrogens with one attached hydrogen (secondary N) is 1. The van der Waals surface area contributed by atoms with Gasteiger partial charge in [-0.1, -0.05) is 42.5 Å². The number of nitrogens with zero attached hydrogens (tertiary/aromatic N) is 3. The standard InChI is InChI=1S/C29H30F6N4O5/c1-17-11-7-6-10-14-27(29(33,34)35,41-16-18-12-8-5-9-13-18)24-39-38-23(43-24)21-20(36-25(40)44-26(2,3)4)15-19(28(30,31)32)22(37-21)42-17/h5-9,12-13,15,17H,10-11,14,16H2,1-4H3,(H,36,40)/b7-6-/t17-,27?/m1/s1. The smallest absolute Gasteiger partial charge is 0.426 e. The molecule has 1 aliphatic rings. The van der Waals surface area contributed by atoms with Crippen molar-refractivity contribution in [1.29, 1.82) is 0 Å². The van der Waals surface area contributed by atoms with Gasteiger partial charge in [0.1, 0.15) is 17.3 Å². The first-order valence-electron chi connectivity index (χ1n) is 13.5. The molecule has 9 nitrogen and oxygen atoms in total. The Labute approximate surface area is 248 Å². The minimum atomic E-state index is -5.07. The third kappa shape index (κ3) is 7.68. The number of halogens is 6. The molecule has 0 radical (unpaired) electrons. The van der Waals surface area contributed by atoms with Crippen LogP contribution in [0.3, 0.4) is 0 Å². The maximum Gasteiger partial charge on any atom is 0.426 e. The van der Waals surface area contributed by atoms with Crippen LogP contribution in [0.5, 0.6) is 5.88 Å². The maximum absolute atomic E-state index is 14.9. The zero-order chi connectivity index (χ0) is 32.3.